The van der Waals surface area contributed by atoms with Crippen LogP contribution in [0.15, 0.2) is 53.1 Å². The van der Waals surface area contributed by atoms with Crippen LogP contribution in [0, 0.1) is 0 Å². The first-order valence-electron chi connectivity index (χ1n) is 9.45. The molecule has 0 saturated carbocycles. The van der Waals surface area contributed by atoms with Crippen molar-refractivity contribution in [2.75, 3.05) is 0 Å². The SMILES string of the molecule is CC(C)=CCC/C(C)=C/CC/C(C)=C/CC1(O)Oc2cc(O)ccc2C1=O. The Morgan fingerprint density at radius 3 is 2.33 bits per heavy atom. The van der Waals surface area contributed by atoms with E-state index in [1.807, 2.05) is 13.0 Å². The van der Waals surface area contributed by atoms with Crippen LogP contribution in [0.1, 0.15) is 70.2 Å². The number of aromatic hydroxyl groups is 1. The predicted molar refractivity (Wildman–Crippen MR) is 108 cm³/mol. The fourth-order valence-electron chi connectivity index (χ4n) is 3.01. The molecule has 1 unspecified atom stereocenters. The molecule has 4 nitrogen and oxygen atoms in total. The lowest BCUT2D eigenvalue weighted by Gasteiger charge is -2.19. The largest absolute Gasteiger partial charge is 0.508 e. The molecule has 0 amide bonds. The van der Waals surface area contributed by atoms with E-state index in [2.05, 4.69) is 32.9 Å². The van der Waals surface area contributed by atoms with Gasteiger partial charge in [0.1, 0.15) is 11.5 Å². The Kier molecular flexibility index (Phi) is 7.03. The lowest BCUT2D eigenvalue weighted by Crippen LogP contribution is -2.39. The number of fused-ring (bicyclic) bond motifs is 1. The van der Waals surface area contributed by atoms with Crippen molar-refractivity contribution in [2.24, 2.45) is 0 Å². The van der Waals surface area contributed by atoms with Gasteiger partial charge in [-0.3, -0.25) is 4.79 Å². The number of rotatable bonds is 8. The third kappa shape index (κ3) is 5.83. The molecule has 27 heavy (non-hydrogen) atoms. The quantitative estimate of drug-likeness (QED) is 0.596. The van der Waals surface area contributed by atoms with Gasteiger partial charge in [0.15, 0.2) is 0 Å². The van der Waals surface area contributed by atoms with Crippen LogP contribution in [0.2, 0.25) is 0 Å². The van der Waals surface area contributed by atoms with Gasteiger partial charge >= 0.3 is 0 Å². The summed E-state index contributed by atoms with van der Waals surface area (Å²) in [6, 6.07) is 4.24. The summed E-state index contributed by atoms with van der Waals surface area (Å²) in [5.74, 6) is -2.11. The third-order valence-corrected chi connectivity index (χ3v) is 4.69. The minimum atomic E-state index is -1.88. The highest BCUT2D eigenvalue weighted by atomic mass is 16.6. The summed E-state index contributed by atoms with van der Waals surface area (Å²) in [6.45, 7) is 8.37. The number of carbonyl (C=O) groups is 1. The molecule has 1 aromatic rings. The van der Waals surface area contributed by atoms with Gasteiger partial charge in [0.2, 0.25) is 5.78 Å². The van der Waals surface area contributed by atoms with E-state index in [1.165, 1.54) is 29.3 Å². The molecule has 0 saturated heterocycles. The highest BCUT2D eigenvalue weighted by Gasteiger charge is 2.45. The first kappa shape index (κ1) is 21.0. The molecule has 0 fully saturated rings. The van der Waals surface area contributed by atoms with Crippen LogP contribution in [0.25, 0.3) is 0 Å². The first-order valence-corrected chi connectivity index (χ1v) is 9.45. The minimum absolute atomic E-state index is 0.00395. The molecule has 4 heteroatoms. The Balaban J connectivity index is 1.87. The number of ketones is 1. The van der Waals surface area contributed by atoms with Gasteiger partial charge in [-0.25, -0.2) is 0 Å². The molecule has 1 heterocycles. The third-order valence-electron chi connectivity index (χ3n) is 4.69. The molecule has 0 bridgehead atoms. The van der Waals surface area contributed by atoms with Crippen LogP contribution < -0.4 is 4.74 Å². The number of hydrogen-bond donors (Lipinski definition) is 2. The van der Waals surface area contributed by atoms with Gasteiger partial charge < -0.3 is 14.9 Å². The van der Waals surface area contributed by atoms with Crippen LogP contribution in [-0.4, -0.2) is 21.8 Å². The summed E-state index contributed by atoms with van der Waals surface area (Å²) >= 11 is 0. The summed E-state index contributed by atoms with van der Waals surface area (Å²) in [6.07, 6.45) is 10.4. The minimum Gasteiger partial charge on any atom is -0.508 e. The highest BCUT2D eigenvalue weighted by Crippen LogP contribution is 2.38. The second kappa shape index (κ2) is 9.05. The second-order valence-corrected chi connectivity index (χ2v) is 7.56. The van der Waals surface area contributed by atoms with Crippen LogP contribution in [0.3, 0.4) is 0 Å². The number of ether oxygens (including phenoxy) is 1. The Morgan fingerprint density at radius 2 is 1.67 bits per heavy atom. The topological polar surface area (TPSA) is 66.8 Å². The Morgan fingerprint density at radius 1 is 1.04 bits per heavy atom. The van der Waals surface area contributed by atoms with Gasteiger partial charge in [-0.1, -0.05) is 34.9 Å². The van der Waals surface area contributed by atoms with Gasteiger partial charge in [-0.05, 0) is 65.5 Å². The van der Waals surface area contributed by atoms with Gasteiger partial charge in [-0.15, -0.1) is 0 Å². The lowest BCUT2D eigenvalue weighted by atomic mass is 10.0. The van der Waals surface area contributed by atoms with Crippen molar-refractivity contribution in [3.05, 3.63) is 58.7 Å². The number of allylic oxidation sites excluding steroid dienone is 5. The van der Waals surface area contributed by atoms with Gasteiger partial charge in [-0.2, -0.15) is 0 Å². The maximum atomic E-state index is 12.4. The summed E-state index contributed by atoms with van der Waals surface area (Å²) in [7, 11) is 0. The van der Waals surface area contributed by atoms with E-state index < -0.39 is 11.6 Å². The fraction of sp³-hybridized carbons (Fsp3) is 0.435. The van der Waals surface area contributed by atoms with E-state index >= 15 is 0 Å². The molecule has 0 aliphatic carbocycles. The normalized spacial score (nSPS) is 19.7. The smallest absolute Gasteiger partial charge is 0.276 e. The van der Waals surface area contributed by atoms with Crippen LogP contribution >= 0.6 is 0 Å². The van der Waals surface area contributed by atoms with Gasteiger partial charge in [0.25, 0.3) is 5.79 Å². The molecule has 2 rings (SSSR count). The molecular weight excluding hydrogens is 340 g/mol. The van der Waals surface area contributed by atoms with Crippen molar-refractivity contribution in [1.29, 1.82) is 0 Å². The molecule has 1 aromatic carbocycles. The van der Waals surface area contributed by atoms with Crippen LogP contribution in [0.5, 0.6) is 11.5 Å². The Hall–Kier alpha value is -2.33. The standard InChI is InChI=1S/C23H30O4/c1-16(2)7-5-8-17(3)9-6-10-18(4)13-14-23(26)22(25)20-12-11-19(24)15-21(20)27-23/h7,9,11-13,15,24,26H,5-6,8,10,14H2,1-4H3/b17-9+,18-13+. The molecule has 0 aromatic heterocycles. The van der Waals surface area contributed by atoms with E-state index in [1.54, 1.807) is 0 Å². The molecule has 1 atom stereocenters. The van der Waals surface area contributed by atoms with E-state index in [0.29, 0.717) is 5.56 Å². The van der Waals surface area contributed by atoms with E-state index in [9.17, 15) is 15.0 Å². The molecule has 0 radical (unpaired) electrons. The number of hydrogen-bond acceptors (Lipinski definition) is 4. The zero-order chi connectivity index (χ0) is 20.0. The average Bonchev–Trinajstić information content (AvgIpc) is 2.83. The number of Topliss-reactive ketones (excluding diaryl/α,β-unsaturated/α-hetero) is 1. The van der Waals surface area contributed by atoms with Crippen LogP contribution in [-0.2, 0) is 0 Å². The van der Waals surface area contributed by atoms with Crippen molar-refractivity contribution in [1.82, 2.24) is 0 Å². The van der Waals surface area contributed by atoms with E-state index in [-0.39, 0.29) is 17.9 Å². The number of aliphatic hydroxyl groups is 1. The zero-order valence-corrected chi connectivity index (χ0v) is 16.7. The molecule has 0 spiro atoms. The summed E-state index contributed by atoms with van der Waals surface area (Å²) in [5.41, 5.74) is 4.13. The Labute approximate surface area is 161 Å². The summed E-state index contributed by atoms with van der Waals surface area (Å²) in [5, 5.41) is 20.1. The monoisotopic (exact) mass is 370 g/mol. The fourth-order valence-corrected chi connectivity index (χ4v) is 3.01. The summed E-state index contributed by atoms with van der Waals surface area (Å²) in [4.78, 5) is 12.4. The number of phenols is 1. The van der Waals surface area contributed by atoms with Gasteiger partial charge in [0, 0.05) is 12.5 Å². The number of phenolic OH excluding ortho intramolecular Hbond substituents is 1. The Bertz CT molecular complexity index is 782. The van der Waals surface area contributed by atoms with Crippen molar-refractivity contribution in [3.8, 4) is 11.5 Å². The van der Waals surface area contributed by atoms with Crippen LogP contribution in [0.4, 0.5) is 0 Å². The molecule has 146 valence electrons. The lowest BCUT2D eigenvalue weighted by molar-refractivity contribution is -0.0871. The predicted octanol–water partition coefficient (Wildman–Crippen LogP) is 5.47. The number of carbonyl (C=O) groups excluding carboxylic acids is 1. The number of benzene rings is 1. The van der Waals surface area contributed by atoms with Crippen molar-refractivity contribution < 1.29 is 19.7 Å². The molecular formula is C23H30O4. The van der Waals surface area contributed by atoms with Gasteiger partial charge in [0.05, 0.1) is 5.56 Å². The zero-order valence-electron chi connectivity index (χ0n) is 16.7. The molecule has 1 aliphatic rings. The highest BCUT2D eigenvalue weighted by molar-refractivity contribution is 6.06. The maximum Gasteiger partial charge on any atom is 0.276 e. The van der Waals surface area contributed by atoms with Crippen molar-refractivity contribution >= 4 is 5.78 Å². The maximum absolute atomic E-state index is 12.4. The molecule has 1 aliphatic heterocycles. The molecule has 2 N–H and O–H groups in total. The average molecular weight is 370 g/mol. The first-order chi connectivity index (χ1) is 12.7. The second-order valence-electron chi connectivity index (χ2n) is 7.56. The van der Waals surface area contributed by atoms with E-state index in [0.717, 1.165) is 31.3 Å². The van der Waals surface area contributed by atoms with E-state index in [4.69, 9.17) is 4.74 Å². The van der Waals surface area contributed by atoms with Crippen molar-refractivity contribution in [3.63, 3.8) is 0 Å². The summed E-state index contributed by atoms with van der Waals surface area (Å²) < 4.78 is 5.43. The van der Waals surface area contributed by atoms with Crippen molar-refractivity contribution in [2.45, 2.75) is 65.6 Å².